The number of nitrogens with zero attached hydrogens (tertiary/aromatic N) is 2. The van der Waals surface area contributed by atoms with Crippen molar-refractivity contribution in [1.29, 1.82) is 0 Å². The number of fused-ring (bicyclic) bond motifs is 1. The molecule has 1 atom stereocenters. The summed E-state index contributed by atoms with van der Waals surface area (Å²) in [6.45, 7) is 0. The van der Waals surface area contributed by atoms with Crippen LogP contribution < -0.4 is 15.4 Å². The lowest BCUT2D eigenvalue weighted by atomic mass is 10.1. The molecule has 0 saturated heterocycles. The Labute approximate surface area is 176 Å². The van der Waals surface area contributed by atoms with Gasteiger partial charge in [0.05, 0.1) is 25.4 Å². The van der Waals surface area contributed by atoms with Crippen molar-refractivity contribution in [2.24, 2.45) is 0 Å². The third-order valence-corrected chi connectivity index (χ3v) is 5.06. The molecule has 0 fully saturated rings. The van der Waals surface area contributed by atoms with E-state index < -0.39 is 6.04 Å². The van der Waals surface area contributed by atoms with Crippen LogP contribution in [0, 0.1) is 0 Å². The maximum Gasteiger partial charge on any atom is 0.251 e. The first-order valence-electron chi connectivity index (χ1n) is 8.74. The summed E-state index contributed by atoms with van der Waals surface area (Å²) in [4.78, 5) is 25.1. The number of ether oxygens (including phenoxy) is 1. The molecule has 2 aromatic carbocycles. The number of amides is 2. The van der Waals surface area contributed by atoms with E-state index in [0.717, 1.165) is 11.1 Å². The van der Waals surface area contributed by atoms with Gasteiger partial charge in [0.15, 0.2) is 0 Å². The van der Waals surface area contributed by atoms with Gasteiger partial charge in [0, 0.05) is 15.6 Å². The largest absolute Gasteiger partial charge is 0.495 e. The molecule has 2 amide bonds. The number of nitrogens with one attached hydrogen (secondary N) is 2. The van der Waals surface area contributed by atoms with Crippen LogP contribution in [0.1, 0.15) is 12.5 Å². The van der Waals surface area contributed by atoms with Crippen molar-refractivity contribution in [2.75, 3.05) is 17.7 Å². The van der Waals surface area contributed by atoms with Crippen LogP contribution in [-0.4, -0.2) is 28.7 Å². The highest BCUT2D eigenvalue weighted by Gasteiger charge is 2.35. The van der Waals surface area contributed by atoms with Crippen molar-refractivity contribution < 1.29 is 14.3 Å². The van der Waals surface area contributed by atoms with Crippen molar-refractivity contribution in [3.63, 3.8) is 0 Å². The third kappa shape index (κ3) is 3.79. The van der Waals surface area contributed by atoms with Gasteiger partial charge in [0.2, 0.25) is 5.91 Å². The van der Waals surface area contributed by atoms with E-state index in [4.69, 9.17) is 27.9 Å². The number of hydrogen-bond acceptors (Lipinski definition) is 4. The van der Waals surface area contributed by atoms with Gasteiger partial charge in [-0.1, -0.05) is 35.3 Å². The zero-order valence-corrected chi connectivity index (χ0v) is 16.8. The molecule has 3 aromatic rings. The van der Waals surface area contributed by atoms with Crippen LogP contribution >= 0.6 is 23.2 Å². The van der Waals surface area contributed by atoms with Crippen LogP contribution in [-0.2, 0) is 9.59 Å². The topological polar surface area (TPSA) is 85.2 Å². The summed E-state index contributed by atoms with van der Waals surface area (Å²) in [7, 11) is 1.50. The second-order valence-electron chi connectivity index (χ2n) is 6.46. The molecule has 29 heavy (non-hydrogen) atoms. The molecule has 0 bridgehead atoms. The van der Waals surface area contributed by atoms with Gasteiger partial charge in [-0.15, -0.1) is 0 Å². The molecule has 7 nitrogen and oxygen atoms in total. The summed E-state index contributed by atoms with van der Waals surface area (Å²) in [5, 5.41) is 10.9. The Morgan fingerprint density at radius 1 is 1.24 bits per heavy atom. The first-order chi connectivity index (χ1) is 14.0. The third-order valence-electron chi connectivity index (χ3n) is 4.58. The van der Waals surface area contributed by atoms with E-state index in [1.165, 1.54) is 11.8 Å². The van der Waals surface area contributed by atoms with E-state index in [2.05, 4.69) is 15.7 Å². The minimum absolute atomic E-state index is 0.0921. The zero-order valence-electron chi connectivity index (χ0n) is 15.3. The monoisotopic (exact) mass is 430 g/mol. The van der Waals surface area contributed by atoms with Gasteiger partial charge >= 0.3 is 0 Å². The first kappa shape index (κ1) is 19.3. The SMILES string of the molecule is COc1ccc(Cl)cc1NC(=O)CC1C(=O)Nc2c(-c3cccc(Cl)c3)cnn21. The number of methoxy groups -OCH3 is 1. The van der Waals surface area contributed by atoms with Gasteiger partial charge in [-0.2, -0.15) is 5.10 Å². The summed E-state index contributed by atoms with van der Waals surface area (Å²) in [5.74, 6) is 0.347. The molecule has 4 rings (SSSR count). The quantitative estimate of drug-likeness (QED) is 0.628. The lowest BCUT2D eigenvalue weighted by Gasteiger charge is -2.12. The summed E-state index contributed by atoms with van der Waals surface area (Å²) < 4.78 is 6.75. The fourth-order valence-electron chi connectivity index (χ4n) is 3.24. The molecule has 0 saturated carbocycles. The van der Waals surface area contributed by atoms with Crippen LogP contribution in [0.3, 0.4) is 0 Å². The Bertz CT molecular complexity index is 1110. The molecule has 2 N–H and O–H groups in total. The van der Waals surface area contributed by atoms with Crippen LogP contribution in [0.2, 0.25) is 10.0 Å². The van der Waals surface area contributed by atoms with Crippen molar-refractivity contribution in [1.82, 2.24) is 9.78 Å². The molecular formula is C20H16Cl2N4O3. The highest BCUT2D eigenvalue weighted by atomic mass is 35.5. The van der Waals surface area contributed by atoms with Gasteiger partial charge < -0.3 is 15.4 Å². The normalized spacial score (nSPS) is 15.0. The van der Waals surface area contributed by atoms with Crippen molar-refractivity contribution in [2.45, 2.75) is 12.5 Å². The maximum atomic E-state index is 12.6. The van der Waals surface area contributed by atoms with E-state index in [9.17, 15) is 9.59 Å². The van der Waals surface area contributed by atoms with Gasteiger partial charge in [0.25, 0.3) is 5.91 Å². The number of aromatic nitrogens is 2. The second kappa shape index (κ2) is 7.77. The molecule has 0 aliphatic carbocycles. The Kier molecular flexibility index (Phi) is 5.17. The van der Waals surface area contributed by atoms with Crippen molar-refractivity contribution in [3.8, 4) is 16.9 Å². The summed E-state index contributed by atoms with van der Waals surface area (Å²) in [5.41, 5.74) is 2.00. The minimum atomic E-state index is -0.761. The maximum absolute atomic E-state index is 12.6. The molecule has 2 heterocycles. The highest BCUT2D eigenvalue weighted by Crippen LogP contribution is 2.36. The number of carbonyl (C=O) groups is 2. The Morgan fingerprint density at radius 3 is 2.79 bits per heavy atom. The van der Waals surface area contributed by atoms with Crippen LogP contribution in [0.25, 0.3) is 11.1 Å². The van der Waals surface area contributed by atoms with Crippen molar-refractivity contribution >= 4 is 46.5 Å². The highest BCUT2D eigenvalue weighted by molar-refractivity contribution is 6.31. The number of anilines is 2. The molecule has 1 aliphatic heterocycles. The van der Waals surface area contributed by atoms with Gasteiger partial charge in [-0.25, -0.2) is 4.68 Å². The van der Waals surface area contributed by atoms with E-state index in [1.807, 2.05) is 12.1 Å². The average molecular weight is 431 g/mol. The first-order valence-corrected chi connectivity index (χ1v) is 9.49. The van der Waals surface area contributed by atoms with Gasteiger partial charge in [0.1, 0.15) is 17.6 Å². The standard InChI is InChI=1S/C20H16Cl2N4O3/c1-29-17-6-5-13(22)8-15(17)24-18(27)9-16-20(28)25-19-14(10-23-26(16)19)11-3-2-4-12(21)7-11/h2-8,10,16H,9H2,1H3,(H,24,27)(H,25,28). The fourth-order valence-corrected chi connectivity index (χ4v) is 3.60. The Morgan fingerprint density at radius 2 is 2.03 bits per heavy atom. The molecule has 1 aliphatic rings. The second-order valence-corrected chi connectivity index (χ2v) is 7.34. The molecule has 1 aromatic heterocycles. The van der Waals surface area contributed by atoms with Gasteiger partial charge in [-0.3, -0.25) is 9.59 Å². The smallest absolute Gasteiger partial charge is 0.251 e. The van der Waals surface area contributed by atoms with E-state index in [0.29, 0.717) is 27.3 Å². The molecule has 9 heteroatoms. The molecular weight excluding hydrogens is 415 g/mol. The molecule has 0 radical (unpaired) electrons. The number of carbonyl (C=O) groups excluding carboxylic acids is 2. The van der Waals surface area contributed by atoms with E-state index in [1.54, 1.807) is 36.5 Å². The summed E-state index contributed by atoms with van der Waals surface area (Å²) in [6.07, 6.45) is 1.55. The number of hydrogen-bond donors (Lipinski definition) is 2. The zero-order chi connectivity index (χ0) is 20.5. The van der Waals surface area contributed by atoms with E-state index in [-0.39, 0.29) is 18.2 Å². The van der Waals surface area contributed by atoms with Crippen LogP contribution in [0.5, 0.6) is 5.75 Å². The predicted molar refractivity (Wildman–Crippen MR) is 112 cm³/mol. The number of rotatable bonds is 5. The number of halogens is 2. The van der Waals surface area contributed by atoms with Crippen molar-refractivity contribution in [3.05, 3.63) is 58.7 Å². The lowest BCUT2D eigenvalue weighted by Crippen LogP contribution is -2.23. The minimum Gasteiger partial charge on any atom is -0.495 e. The Balaban J connectivity index is 1.55. The fraction of sp³-hybridized carbons (Fsp3) is 0.150. The molecule has 1 unspecified atom stereocenters. The Hall–Kier alpha value is -3.03. The lowest BCUT2D eigenvalue weighted by molar-refractivity contribution is -0.123. The van der Waals surface area contributed by atoms with Crippen LogP contribution in [0.4, 0.5) is 11.5 Å². The molecule has 0 spiro atoms. The average Bonchev–Trinajstić information content (AvgIpc) is 3.21. The molecule has 148 valence electrons. The summed E-state index contributed by atoms with van der Waals surface area (Å²) in [6, 6.07) is 11.4. The predicted octanol–water partition coefficient (Wildman–Crippen LogP) is 4.39. The number of benzene rings is 2. The van der Waals surface area contributed by atoms with E-state index >= 15 is 0 Å². The summed E-state index contributed by atoms with van der Waals surface area (Å²) >= 11 is 12.1. The van der Waals surface area contributed by atoms with Gasteiger partial charge in [-0.05, 0) is 35.9 Å². The van der Waals surface area contributed by atoms with Crippen LogP contribution in [0.15, 0.2) is 48.7 Å².